The van der Waals surface area contributed by atoms with Gasteiger partial charge < -0.3 is 4.42 Å². The van der Waals surface area contributed by atoms with Crippen LogP contribution in [0.3, 0.4) is 0 Å². The van der Waals surface area contributed by atoms with Crippen molar-refractivity contribution in [2.24, 2.45) is 5.84 Å². The Morgan fingerprint density at radius 3 is 2.83 bits per heavy atom. The predicted octanol–water partition coefficient (Wildman–Crippen LogP) is 3.13. The van der Waals surface area contributed by atoms with Crippen molar-refractivity contribution in [3.8, 4) is 0 Å². The van der Waals surface area contributed by atoms with Crippen LogP contribution in [0.25, 0.3) is 0 Å². The van der Waals surface area contributed by atoms with E-state index in [1.165, 1.54) is 6.07 Å². The average Bonchev–Trinajstić information content (AvgIpc) is 2.77. The van der Waals surface area contributed by atoms with Gasteiger partial charge in [0.1, 0.15) is 11.6 Å². The van der Waals surface area contributed by atoms with Crippen molar-refractivity contribution in [2.45, 2.75) is 19.4 Å². The third kappa shape index (κ3) is 2.56. The van der Waals surface area contributed by atoms with Gasteiger partial charge in [-0.2, -0.15) is 0 Å². The molecule has 3 N–H and O–H groups in total. The van der Waals surface area contributed by atoms with Crippen molar-refractivity contribution < 1.29 is 8.81 Å². The van der Waals surface area contributed by atoms with Crippen LogP contribution >= 0.6 is 11.6 Å². The number of hydrogen-bond donors (Lipinski definition) is 2. The highest BCUT2D eigenvalue weighted by Crippen LogP contribution is 2.27. The maximum absolute atomic E-state index is 13.4. The number of halogens is 2. The van der Waals surface area contributed by atoms with Crippen molar-refractivity contribution in [3.05, 3.63) is 58.3 Å². The van der Waals surface area contributed by atoms with E-state index in [1.807, 2.05) is 13.0 Å². The first-order chi connectivity index (χ1) is 8.63. The lowest BCUT2D eigenvalue weighted by Crippen LogP contribution is -2.29. The van der Waals surface area contributed by atoms with Crippen LogP contribution in [-0.2, 0) is 6.42 Å². The molecule has 1 heterocycles. The molecule has 3 nitrogen and oxygen atoms in total. The fraction of sp³-hybridized carbons (Fsp3) is 0.231. The molecule has 96 valence electrons. The van der Waals surface area contributed by atoms with Gasteiger partial charge in [0.05, 0.1) is 17.3 Å². The van der Waals surface area contributed by atoms with Crippen LogP contribution in [0.1, 0.15) is 22.9 Å². The maximum atomic E-state index is 13.4. The molecule has 1 aromatic carbocycles. The van der Waals surface area contributed by atoms with E-state index in [0.717, 1.165) is 11.3 Å². The zero-order valence-electron chi connectivity index (χ0n) is 9.91. The Balaban J connectivity index is 2.26. The predicted molar refractivity (Wildman–Crippen MR) is 68.6 cm³/mol. The highest BCUT2D eigenvalue weighted by Gasteiger charge is 2.17. The van der Waals surface area contributed by atoms with E-state index in [0.29, 0.717) is 12.0 Å². The molecular formula is C13H14ClFN2O. The van der Waals surface area contributed by atoms with Crippen molar-refractivity contribution >= 4 is 11.6 Å². The number of rotatable bonds is 4. The molecule has 2 aromatic rings. The summed E-state index contributed by atoms with van der Waals surface area (Å²) < 4.78 is 18.6. The Kier molecular flexibility index (Phi) is 4.01. The molecule has 0 fully saturated rings. The van der Waals surface area contributed by atoms with Gasteiger partial charge >= 0.3 is 0 Å². The minimum atomic E-state index is -0.422. The van der Waals surface area contributed by atoms with Gasteiger partial charge in [-0.05, 0) is 31.0 Å². The van der Waals surface area contributed by atoms with Crippen LogP contribution in [0.2, 0.25) is 5.02 Å². The molecule has 5 heteroatoms. The number of hydrogen-bond acceptors (Lipinski definition) is 3. The fourth-order valence-electron chi connectivity index (χ4n) is 1.94. The van der Waals surface area contributed by atoms with Crippen LogP contribution in [0.5, 0.6) is 0 Å². The van der Waals surface area contributed by atoms with E-state index in [2.05, 4.69) is 5.43 Å². The first-order valence-electron chi connectivity index (χ1n) is 5.56. The lowest BCUT2D eigenvalue weighted by Gasteiger charge is -2.16. The highest BCUT2D eigenvalue weighted by molar-refractivity contribution is 6.31. The number of furan rings is 1. The normalized spacial score (nSPS) is 12.7. The lowest BCUT2D eigenvalue weighted by molar-refractivity contribution is 0.501. The molecule has 0 aliphatic heterocycles. The topological polar surface area (TPSA) is 51.2 Å². The van der Waals surface area contributed by atoms with Gasteiger partial charge in [0.25, 0.3) is 0 Å². The van der Waals surface area contributed by atoms with E-state index >= 15 is 0 Å². The largest absolute Gasteiger partial charge is 0.469 e. The summed E-state index contributed by atoms with van der Waals surface area (Å²) in [5.41, 5.74) is 4.35. The zero-order valence-corrected chi connectivity index (χ0v) is 10.7. The van der Waals surface area contributed by atoms with Gasteiger partial charge in [0, 0.05) is 5.56 Å². The Hall–Kier alpha value is -1.36. The molecule has 1 unspecified atom stereocenters. The fourth-order valence-corrected chi connectivity index (χ4v) is 2.14. The Bertz CT molecular complexity index is 542. The van der Waals surface area contributed by atoms with E-state index in [-0.39, 0.29) is 11.1 Å². The number of nitrogens with one attached hydrogen (secondary N) is 1. The molecule has 0 saturated heterocycles. The molecule has 0 aliphatic carbocycles. The van der Waals surface area contributed by atoms with Gasteiger partial charge in [0.2, 0.25) is 0 Å². The van der Waals surface area contributed by atoms with Gasteiger partial charge in [0.15, 0.2) is 0 Å². The summed E-state index contributed by atoms with van der Waals surface area (Å²) in [7, 11) is 0. The minimum absolute atomic E-state index is 0.138. The molecule has 0 bridgehead atoms. The third-order valence-electron chi connectivity index (χ3n) is 2.93. The number of benzene rings is 1. The second-order valence-corrected chi connectivity index (χ2v) is 4.45. The van der Waals surface area contributed by atoms with E-state index in [4.69, 9.17) is 21.9 Å². The monoisotopic (exact) mass is 268 g/mol. The summed E-state index contributed by atoms with van der Waals surface area (Å²) in [4.78, 5) is 0. The van der Waals surface area contributed by atoms with Crippen molar-refractivity contribution in [3.63, 3.8) is 0 Å². The van der Waals surface area contributed by atoms with E-state index in [1.54, 1.807) is 18.4 Å². The van der Waals surface area contributed by atoms with Crippen LogP contribution in [-0.4, -0.2) is 0 Å². The SMILES string of the molecule is Cc1occc1C(Cc1cccc(F)c1Cl)NN. The first-order valence-corrected chi connectivity index (χ1v) is 5.94. The van der Waals surface area contributed by atoms with Crippen LogP contribution < -0.4 is 11.3 Å². The van der Waals surface area contributed by atoms with E-state index < -0.39 is 5.82 Å². The molecular weight excluding hydrogens is 255 g/mol. The summed E-state index contributed by atoms with van der Waals surface area (Å²) >= 11 is 5.93. The molecule has 18 heavy (non-hydrogen) atoms. The molecule has 0 amide bonds. The second-order valence-electron chi connectivity index (χ2n) is 4.07. The molecule has 0 aliphatic rings. The Labute approximate surface area is 110 Å². The van der Waals surface area contributed by atoms with Crippen LogP contribution in [0.4, 0.5) is 4.39 Å². The zero-order chi connectivity index (χ0) is 13.1. The Morgan fingerprint density at radius 2 is 2.22 bits per heavy atom. The van der Waals surface area contributed by atoms with Crippen LogP contribution in [0, 0.1) is 12.7 Å². The number of nitrogens with two attached hydrogens (primary N) is 1. The van der Waals surface area contributed by atoms with Gasteiger partial charge in [-0.3, -0.25) is 11.3 Å². The third-order valence-corrected chi connectivity index (χ3v) is 3.35. The smallest absolute Gasteiger partial charge is 0.142 e. The average molecular weight is 269 g/mol. The van der Waals surface area contributed by atoms with Crippen LogP contribution in [0.15, 0.2) is 34.9 Å². The maximum Gasteiger partial charge on any atom is 0.142 e. The standard InChI is InChI=1S/C13H14ClFN2O/c1-8-10(5-6-18-8)12(17-16)7-9-3-2-4-11(15)13(9)14/h2-6,12,17H,7,16H2,1H3. The van der Waals surface area contributed by atoms with Gasteiger partial charge in [-0.25, -0.2) is 4.39 Å². The lowest BCUT2D eigenvalue weighted by atomic mass is 10.00. The quantitative estimate of drug-likeness (QED) is 0.662. The molecule has 1 aromatic heterocycles. The molecule has 0 spiro atoms. The number of aryl methyl sites for hydroxylation is 1. The Morgan fingerprint density at radius 1 is 1.44 bits per heavy atom. The summed E-state index contributed by atoms with van der Waals surface area (Å²) in [5, 5.41) is 0.138. The molecule has 1 atom stereocenters. The first kappa shape index (κ1) is 13.1. The van der Waals surface area contributed by atoms with Gasteiger partial charge in [-0.1, -0.05) is 23.7 Å². The molecule has 2 rings (SSSR count). The highest BCUT2D eigenvalue weighted by atomic mass is 35.5. The van der Waals surface area contributed by atoms with Crippen molar-refractivity contribution in [1.29, 1.82) is 0 Å². The minimum Gasteiger partial charge on any atom is -0.469 e. The summed E-state index contributed by atoms with van der Waals surface area (Å²) in [6.07, 6.45) is 2.09. The summed E-state index contributed by atoms with van der Waals surface area (Å²) in [6, 6.07) is 6.42. The van der Waals surface area contributed by atoms with Gasteiger partial charge in [-0.15, -0.1) is 0 Å². The van der Waals surface area contributed by atoms with E-state index in [9.17, 15) is 4.39 Å². The second kappa shape index (κ2) is 5.52. The molecule has 0 radical (unpaired) electrons. The van der Waals surface area contributed by atoms with Crippen molar-refractivity contribution in [2.75, 3.05) is 0 Å². The molecule has 0 saturated carbocycles. The summed E-state index contributed by atoms with van der Waals surface area (Å²) in [5.74, 6) is 5.90. The number of hydrazine groups is 1. The summed E-state index contributed by atoms with van der Waals surface area (Å²) in [6.45, 7) is 1.85. The van der Waals surface area contributed by atoms with Crippen molar-refractivity contribution in [1.82, 2.24) is 5.43 Å².